The molecule has 0 saturated carbocycles. The number of nitrogens with two attached hydrogens (primary N) is 1. The molecule has 0 fully saturated rings. The van der Waals surface area contributed by atoms with Crippen molar-refractivity contribution in [2.45, 2.75) is 5.75 Å². The predicted molar refractivity (Wildman–Crippen MR) is 60.7 cm³/mol. The van der Waals surface area contributed by atoms with Crippen LogP contribution >= 0.6 is 0 Å². The van der Waals surface area contributed by atoms with Crippen LogP contribution in [0.15, 0.2) is 18.2 Å². The summed E-state index contributed by atoms with van der Waals surface area (Å²) in [6, 6.07) is 4.67. The number of sulfone groups is 1. The summed E-state index contributed by atoms with van der Waals surface area (Å²) in [7, 11) is -2.00. The van der Waals surface area contributed by atoms with Gasteiger partial charge in [0.2, 0.25) is 0 Å². The fraction of sp³-hybridized carbons (Fsp3) is 0.300. The summed E-state index contributed by atoms with van der Waals surface area (Å²) in [6.07, 6.45) is 1.09. The van der Waals surface area contributed by atoms with Crippen LogP contribution in [0.2, 0.25) is 0 Å². The largest absolute Gasteiger partial charge is 0.465 e. The second kappa shape index (κ2) is 4.52. The van der Waals surface area contributed by atoms with Crippen molar-refractivity contribution < 1.29 is 17.9 Å². The zero-order valence-electron chi connectivity index (χ0n) is 9.06. The van der Waals surface area contributed by atoms with Gasteiger partial charge in [-0.05, 0) is 11.6 Å². The van der Waals surface area contributed by atoms with Gasteiger partial charge in [-0.1, -0.05) is 12.1 Å². The fourth-order valence-corrected chi connectivity index (χ4v) is 2.18. The molecule has 2 N–H and O–H groups in total. The summed E-state index contributed by atoms with van der Waals surface area (Å²) in [5.74, 6) is -0.862. The molecule has 0 atom stereocenters. The van der Waals surface area contributed by atoms with Crippen LogP contribution in [-0.4, -0.2) is 27.8 Å². The van der Waals surface area contributed by atoms with Gasteiger partial charge in [0.05, 0.1) is 18.4 Å². The van der Waals surface area contributed by atoms with Gasteiger partial charge in [0, 0.05) is 11.9 Å². The van der Waals surface area contributed by atoms with Crippen LogP contribution < -0.4 is 5.73 Å². The average molecular weight is 243 g/mol. The molecule has 16 heavy (non-hydrogen) atoms. The Bertz CT molecular complexity index is 508. The van der Waals surface area contributed by atoms with Crippen LogP contribution in [0.5, 0.6) is 0 Å². The number of methoxy groups -OCH3 is 1. The maximum atomic E-state index is 11.4. The molecule has 0 aliphatic carbocycles. The van der Waals surface area contributed by atoms with Gasteiger partial charge >= 0.3 is 5.97 Å². The van der Waals surface area contributed by atoms with E-state index in [1.54, 1.807) is 12.1 Å². The van der Waals surface area contributed by atoms with Crippen molar-refractivity contribution in [1.82, 2.24) is 0 Å². The number of esters is 1. The minimum absolute atomic E-state index is 0.121. The van der Waals surface area contributed by atoms with Gasteiger partial charge in [-0.25, -0.2) is 13.2 Å². The highest BCUT2D eigenvalue weighted by atomic mass is 32.2. The lowest BCUT2D eigenvalue weighted by Crippen LogP contribution is -2.12. The predicted octanol–water partition coefficient (Wildman–Crippen LogP) is 0.600. The first kappa shape index (κ1) is 12.5. The van der Waals surface area contributed by atoms with E-state index < -0.39 is 15.8 Å². The normalized spacial score (nSPS) is 11.1. The highest BCUT2D eigenvalue weighted by Gasteiger charge is 2.17. The summed E-state index contributed by atoms with van der Waals surface area (Å²) >= 11 is 0. The number of rotatable bonds is 3. The zero-order valence-corrected chi connectivity index (χ0v) is 9.87. The Balaban J connectivity index is 3.29. The van der Waals surface area contributed by atoms with Crippen molar-refractivity contribution in [3.05, 3.63) is 29.3 Å². The molecule has 0 aliphatic heterocycles. The van der Waals surface area contributed by atoms with Crippen LogP contribution in [0, 0.1) is 0 Å². The molecular weight excluding hydrogens is 230 g/mol. The number of benzene rings is 1. The van der Waals surface area contributed by atoms with E-state index >= 15 is 0 Å². The first-order valence-corrected chi connectivity index (χ1v) is 6.54. The fourth-order valence-electron chi connectivity index (χ4n) is 1.37. The minimum atomic E-state index is -3.22. The second-order valence-corrected chi connectivity index (χ2v) is 5.58. The van der Waals surface area contributed by atoms with Gasteiger partial charge in [-0.2, -0.15) is 0 Å². The zero-order chi connectivity index (χ0) is 12.3. The molecule has 0 aromatic heterocycles. The number of nitrogen functional groups attached to an aromatic ring is 1. The average Bonchev–Trinajstić information content (AvgIpc) is 2.14. The van der Waals surface area contributed by atoms with Crippen molar-refractivity contribution in [3.63, 3.8) is 0 Å². The third-order valence-electron chi connectivity index (χ3n) is 1.99. The van der Waals surface area contributed by atoms with E-state index in [-0.39, 0.29) is 17.0 Å². The Morgan fingerprint density at radius 1 is 1.44 bits per heavy atom. The molecule has 0 heterocycles. The molecule has 88 valence electrons. The van der Waals surface area contributed by atoms with Gasteiger partial charge in [-0.3, -0.25) is 0 Å². The lowest BCUT2D eigenvalue weighted by Gasteiger charge is -2.09. The summed E-state index contributed by atoms with van der Waals surface area (Å²) in [6.45, 7) is 0. The van der Waals surface area contributed by atoms with Crippen LogP contribution in [0.1, 0.15) is 15.9 Å². The van der Waals surface area contributed by atoms with Crippen molar-refractivity contribution in [2.24, 2.45) is 0 Å². The molecule has 0 radical (unpaired) electrons. The van der Waals surface area contributed by atoms with E-state index in [0.29, 0.717) is 5.56 Å². The highest BCUT2D eigenvalue weighted by molar-refractivity contribution is 7.89. The third kappa shape index (κ3) is 2.96. The Hall–Kier alpha value is -1.56. The second-order valence-electron chi connectivity index (χ2n) is 3.44. The van der Waals surface area contributed by atoms with Gasteiger partial charge in [-0.15, -0.1) is 0 Å². The van der Waals surface area contributed by atoms with Crippen LogP contribution in [0.3, 0.4) is 0 Å². The molecule has 1 rings (SSSR count). The topological polar surface area (TPSA) is 86.5 Å². The smallest absolute Gasteiger partial charge is 0.340 e. The van der Waals surface area contributed by atoms with Gasteiger partial charge in [0.1, 0.15) is 0 Å². The molecule has 5 nitrogen and oxygen atoms in total. The first-order valence-electron chi connectivity index (χ1n) is 4.48. The van der Waals surface area contributed by atoms with E-state index in [1.165, 1.54) is 13.2 Å². The van der Waals surface area contributed by atoms with Crippen molar-refractivity contribution >= 4 is 21.5 Å². The minimum Gasteiger partial charge on any atom is -0.465 e. The number of hydrogen-bond acceptors (Lipinski definition) is 5. The summed E-state index contributed by atoms with van der Waals surface area (Å²) in [5.41, 5.74) is 6.31. The van der Waals surface area contributed by atoms with E-state index in [9.17, 15) is 13.2 Å². The molecule has 1 aromatic rings. The number of carbonyl (C=O) groups excluding carboxylic acids is 1. The SMILES string of the molecule is COC(=O)c1c(N)cccc1CS(C)(=O)=O. The van der Waals surface area contributed by atoms with E-state index in [4.69, 9.17) is 5.73 Å². The molecule has 1 aromatic carbocycles. The molecule has 0 aliphatic rings. The number of ether oxygens (including phenoxy) is 1. The van der Waals surface area contributed by atoms with Crippen LogP contribution in [-0.2, 0) is 20.3 Å². The Morgan fingerprint density at radius 2 is 2.06 bits per heavy atom. The number of carbonyl (C=O) groups is 1. The van der Waals surface area contributed by atoms with Gasteiger partial charge in [0.25, 0.3) is 0 Å². The number of anilines is 1. The van der Waals surface area contributed by atoms with Crippen molar-refractivity contribution in [3.8, 4) is 0 Å². The lowest BCUT2D eigenvalue weighted by atomic mass is 10.1. The summed E-state index contributed by atoms with van der Waals surface area (Å²) < 4.78 is 26.9. The molecule has 0 bridgehead atoms. The molecule has 0 spiro atoms. The monoisotopic (exact) mass is 243 g/mol. The highest BCUT2D eigenvalue weighted by Crippen LogP contribution is 2.20. The molecule has 0 amide bonds. The van der Waals surface area contributed by atoms with Gasteiger partial charge in [0.15, 0.2) is 9.84 Å². The Labute approximate surface area is 94.1 Å². The van der Waals surface area contributed by atoms with E-state index in [2.05, 4.69) is 4.74 Å². The van der Waals surface area contributed by atoms with Gasteiger partial charge < -0.3 is 10.5 Å². The molecule has 6 heteroatoms. The van der Waals surface area contributed by atoms with E-state index in [0.717, 1.165) is 6.26 Å². The van der Waals surface area contributed by atoms with Crippen molar-refractivity contribution in [2.75, 3.05) is 19.1 Å². The first-order chi connectivity index (χ1) is 7.35. The Morgan fingerprint density at radius 3 is 2.56 bits per heavy atom. The van der Waals surface area contributed by atoms with Crippen LogP contribution in [0.4, 0.5) is 5.69 Å². The molecule has 0 saturated heterocycles. The van der Waals surface area contributed by atoms with Crippen molar-refractivity contribution in [1.29, 1.82) is 0 Å². The molecular formula is C10H13NO4S. The quantitative estimate of drug-likeness (QED) is 0.620. The Kier molecular flexibility index (Phi) is 3.54. The molecule has 0 unspecified atom stereocenters. The third-order valence-corrected chi connectivity index (χ3v) is 2.83. The van der Waals surface area contributed by atoms with Crippen LogP contribution in [0.25, 0.3) is 0 Å². The summed E-state index contributed by atoms with van der Waals surface area (Å²) in [5, 5.41) is 0. The number of hydrogen-bond donors (Lipinski definition) is 1. The lowest BCUT2D eigenvalue weighted by molar-refractivity contribution is 0.0601. The summed E-state index contributed by atoms with van der Waals surface area (Å²) in [4.78, 5) is 11.4. The maximum absolute atomic E-state index is 11.4. The standard InChI is InChI=1S/C10H13NO4S/c1-15-10(12)9-7(6-16(2,13)14)4-3-5-8(9)11/h3-5H,6,11H2,1-2H3. The van der Waals surface area contributed by atoms with E-state index in [1.807, 2.05) is 0 Å². The maximum Gasteiger partial charge on any atom is 0.340 e.